The number of para-hydroxylation sites is 1. The maximum atomic E-state index is 13.6. The predicted molar refractivity (Wildman–Crippen MR) is 104 cm³/mol. The van der Waals surface area contributed by atoms with Gasteiger partial charge in [0.1, 0.15) is 5.82 Å². The summed E-state index contributed by atoms with van der Waals surface area (Å²) in [6.45, 7) is 3.78. The highest BCUT2D eigenvalue weighted by Crippen LogP contribution is 2.28. The molecule has 2 aromatic rings. The first-order chi connectivity index (χ1) is 13.4. The van der Waals surface area contributed by atoms with Crippen molar-refractivity contribution in [3.05, 3.63) is 59.9 Å². The van der Waals surface area contributed by atoms with Crippen molar-refractivity contribution in [1.29, 1.82) is 0 Å². The van der Waals surface area contributed by atoms with Crippen molar-refractivity contribution in [2.75, 3.05) is 19.0 Å². The second kappa shape index (κ2) is 10.1. The Labute approximate surface area is 162 Å². The van der Waals surface area contributed by atoms with Gasteiger partial charge in [-0.25, -0.2) is 9.18 Å². The maximum Gasteiger partial charge on any atom is 0.331 e. The van der Waals surface area contributed by atoms with E-state index in [2.05, 4.69) is 5.32 Å². The molecule has 0 bridgehead atoms. The van der Waals surface area contributed by atoms with Crippen molar-refractivity contribution in [3.8, 4) is 11.5 Å². The average molecular weight is 387 g/mol. The molecule has 0 fully saturated rings. The first-order valence-corrected chi connectivity index (χ1v) is 8.69. The lowest BCUT2D eigenvalue weighted by molar-refractivity contribution is -0.148. The molecular weight excluding hydrogens is 365 g/mol. The van der Waals surface area contributed by atoms with Crippen molar-refractivity contribution >= 4 is 23.6 Å². The van der Waals surface area contributed by atoms with Gasteiger partial charge in [0.05, 0.1) is 19.4 Å². The van der Waals surface area contributed by atoms with Gasteiger partial charge in [0.2, 0.25) is 0 Å². The number of amides is 1. The zero-order chi connectivity index (χ0) is 20.5. The summed E-state index contributed by atoms with van der Waals surface area (Å²) < 4.78 is 29.3. The standard InChI is InChI=1S/C21H22FNO5/c1-4-27-18-11-9-15(13-19(18)26-3)10-12-20(24)28-14(2)21(25)23-17-8-6-5-7-16(17)22/h5-14H,4H2,1-3H3,(H,23,25)/b12-10+/t14-/m1/s1. The van der Waals surface area contributed by atoms with E-state index in [1.165, 1.54) is 44.4 Å². The third-order valence-corrected chi connectivity index (χ3v) is 3.69. The van der Waals surface area contributed by atoms with Gasteiger partial charge in [0, 0.05) is 6.08 Å². The van der Waals surface area contributed by atoms with Crippen LogP contribution in [0.25, 0.3) is 6.08 Å². The minimum absolute atomic E-state index is 0.0208. The molecule has 1 atom stereocenters. The van der Waals surface area contributed by atoms with Crippen LogP contribution in [0.1, 0.15) is 19.4 Å². The molecular formula is C21H22FNO5. The van der Waals surface area contributed by atoms with Gasteiger partial charge in [-0.1, -0.05) is 18.2 Å². The van der Waals surface area contributed by atoms with Crippen LogP contribution in [0.3, 0.4) is 0 Å². The van der Waals surface area contributed by atoms with Crippen molar-refractivity contribution in [1.82, 2.24) is 0 Å². The molecule has 1 amide bonds. The summed E-state index contributed by atoms with van der Waals surface area (Å²) in [7, 11) is 1.52. The largest absolute Gasteiger partial charge is 0.493 e. The third-order valence-electron chi connectivity index (χ3n) is 3.69. The number of hydrogen-bond donors (Lipinski definition) is 1. The van der Waals surface area contributed by atoms with Crippen LogP contribution in [0.2, 0.25) is 0 Å². The summed E-state index contributed by atoms with van der Waals surface area (Å²) in [5.74, 6) is -0.768. The molecule has 0 heterocycles. The molecule has 0 unspecified atom stereocenters. The summed E-state index contributed by atoms with van der Waals surface area (Å²) in [6, 6.07) is 10.9. The van der Waals surface area contributed by atoms with Gasteiger partial charge >= 0.3 is 5.97 Å². The SMILES string of the molecule is CCOc1ccc(/C=C/C(=O)O[C@H](C)C(=O)Nc2ccccc2F)cc1OC. The van der Waals surface area contributed by atoms with Gasteiger partial charge in [-0.05, 0) is 49.8 Å². The zero-order valence-electron chi connectivity index (χ0n) is 15.9. The number of hydrogen-bond acceptors (Lipinski definition) is 5. The molecule has 0 aliphatic rings. The van der Waals surface area contributed by atoms with Crippen LogP contribution in [0.5, 0.6) is 11.5 Å². The number of methoxy groups -OCH3 is 1. The fourth-order valence-electron chi connectivity index (χ4n) is 2.29. The Balaban J connectivity index is 1.95. The molecule has 0 spiro atoms. The van der Waals surface area contributed by atoms with Crippen molar-refractivity contribution in [2.24, 2.45) is 0 Å². The molecule has 148 valence electrons. The lowest BCUT2D eigenvalue weighted by Gasteiger charge is -2.12. The quantitative estimate of drug-likeness (QED) is 0.551. The average Bonchev–Trinajstić information content (AvgIpc) is 2.69. The molecule has 0 aromatic heterocycles. The van der Waals surface area contributed by atoms with Crippen LogP contribution in [0.15, 0.2) is 48.5 Å². The number of carbonyl (C=O) groups excluding carboxylic acids is 2. The fraction of sp³-hybridized carbons (Fsp3) is 0.238. The lowest BCUT2D eigenvalue weighted by Crippen LogP contribution is -2.29. The van der Waals surface area contributed by atoms with Crippen LogP contribution < -0.4 is 14.8 Å². The van der Waals surface area contributed by atoms with E-state index in [4.69, 9.17) is 14.2 Å². The number of ether oxygens (including phenoxy) is 3. The van der Waals surface area contributed by atoms with E-state index in [0.717, 1.165) is 0 Å². The monoisotopic (exact) mass is 387 g/mol. The number of nitrogens with one attached hydrogen (secondary N) is 1. The number of benzene rings is 2. The highest BCUT2D eigenvalue weighted by atomic mass is 19.1. The highest BCUT2D eigenvalue weighted by molar-refractivity contribution is 5.96. The molecule has 0 saturated heterocycles. The molecule has 7 heteroatoms. The molecule has 1 N–H and O–H groups in total. The molecule has 6 nitrogen and oxygen atoms in total. The van der Waals surface area contributed by atoms with Crippen LogP contribution in [0, 0.1) is 5.82 Å². The molecule has 28 heavy (non-hydrogen) atoms. The summed E-state index contributed by atoms with van der Waals surface area (Å²) in [5, 5.41) is 2.38. The zero-order valence-corrected chi connectivity index (χ0v) is 15.9. The van der Waals surface area contributed by atoms with Crippen LogP contribution in [0.4, 0.5) is 10.1 Å². The Morgan fingerprint density at radius 3 is 2.61 bits per heavy atom. The van der Waals surface area contributed by atoms with Crippen molar-refractivity contribution in [3.63, 3.8) is 0 Å². The van der Waals surface area contributed by atoms with E-state index in [-0.39, 0.29) is 5.69 Å². The topological polar surface area (TPSA) is 73.9 Å². The second-order valence-corrected chi connectivity index (χ2v) is 5.72. The summed E-state index contributed by atoms with van der Waals surface area (Å²) in [6.07, 6.45) is 1.64. The number of halogens is 1. The second-order valence-electron chi connectivity index (χ2n) is 5.72. The Kier molecular flexibility index (Phi) is 7.56. The van der Waals surface area contributed by atoms with Gasteiger partial charge in [0.25, 0.3) is 5.91 Å². The van der Waals surface area contributed by atoms with Crippen molar-refractivity contribution < 1.29 is 28.2 Å². The number of anilines is 1. The maximum absolute atomic E-state index is 13.6. The lowest BCUT2D eigenvalue weighted by atomic mass is 10.2. The summed E-state index contributed by atoms with van der Waals surface area (Å²) >= 11 is 0. The normalized spacial score (nSPS) is 11.7. The van der Waals surface area contributed by atoms with E-state index >= 15 is 0 Å². The Morgan fingerprint density at radius 2 is 1.93 bits per heavy atom. The van der Waals surface area contributed by atoms with Gasteiger partial charge in [-0.3, -0.25) is 4.79 Å². The molecule has 0 aliphatic carbocycles. The number of esters is 1. The molecule has 2 aromatic carbocycles. The van der Waals surface area contributed by atoms with Crippen LogP contribution in [-0.4, -0.2) is 31.7 Å². The fourth-order valence-corrected chi connectivity index (χ4v) is 2.29. The first-order valence-electron chi connectivity index (χ1n) is 8.69. The van der Waals surface area contributed by atoms with Gasteiger partial charge in [-0.15, -0.1) is 0 Å². The summed E-state index contributed by atoms with van der Waals surface area (Å²) in [5.41, 5.74) is 0.716. The van der Waals surface area contributed by atoms with E-state index in [1.807, 2.05) is 6.92 Å². The van der Waals surface area contributed by atoms with Crippen LogP contribution in [-0.2, 0) is 14.3 Å². The Bertz CT molecular complexity index is 866. The Hall–Kier alpha value is -3.35. The number of carbonyl (C=O) groups is 2. The van der Waals surface area contributed by atoms with Gasteiger partial charge < -0.3 is 19.5 Å². The van der Waals surface area contributed by atoms with Crippen LogP contribution >= 0.6 is 0 Å². The third kappa shape index (κ3) is 5.84. The highest BCUT2D eigenvalue weighted by Gasteiger charge is 2.17. The minimum Gasteiger partial charge on any atom is -0.493 e. The van der Waals surface area contributed by atoms with Crippen molar-refractivity contribution in [2.45, 2.75) is 20.0 Å². The molecule has 0 aliphatic heterocycles. The van der Waals surface area contributed by atoms with E-state index < -0.39 is 23.8 Å². The van der Waals surface area contributed by atoms with E-state index in [0.29, 0.717) is 23.7 Å². The molecule has 0 saturated carbocycles. The summed E-state index contributed by atoms with van der Waals surface area (Å²) in [4.78, 5) is 24.0. The van der Waals surface area contributed by atoms with Gasteiger partial charge in [0.15, 0.2) is 17.6 Å². The molecule has 2 rings (SSSR count). The predicted octanol–water partition coefficient (Wildman–Crippen LogP) is 3.82. The van der Waals surface area contributed by atoms with Gasteiger partial charge in [-0.2, -0.15) is 0 Å². The van der Waals surface area contributed by atoms with E-state index in [9.17, 15) is 14.0 Å². The van der Waals surface area contributed by atoms with E-state index in [1.54, 1.807) is 24.3 Å². The number of rotatable bonds is 8. The minimum atomic E-state index is -1.09. The first kappa shape index (κ1) is 21.0. The smallest absolute Gasteiger partial charge is 0.331 e. The Morgan fingerprint density at radius 1 is 1.18 bits per heavy atom. The molecule has 0 radical (unpaired) electrons.